The Kier molecular flexibility index (Phi) is 4.40. The first-order chi connectivity index (χ1) is 7.59. The van der Waals surface area contributed by atoms with Crippen LogP contribution in [0.5, 0.6) is 0 Å². The minimum absolute atomic E-state index is 0. The van der Waals surface area contributed by atoms with Crippen molar-refractivity contribution in [3.05, 3.63) is 29.8 Å². The molecule has 94 valence electrons. The van der Waals surface area contributed by atoms with E-state index in [1.807, 2.05) is 0 Å². The van der Waals surface area contributed by atoms with Crippen molar-refractivity contribution < 1.29 is 4.79 Å². The van der Waals surface area contributed by atoms with Crippen molar-refractivity contribution in [3.63, 3.8) is 0 Å². The Labute approximate surface area is 108 Å². The third-order valence-electron chi connectivity index (χ3n) is 3.30. The van der Waals surface area contributed by atoms with Gasteiger partial charge in [-0.15, -0.1) is 12.4 Å². The average molecular weight is 255 g/mol. The minimum atomic E-state index is -0.0154. The van der Waals surface area contributed by atoms with E-state index in [0.29, 0.717) is 11.3 Å². The van der Waals surface area contributed by atoms with Crippen molar-refractivity contribution in [2.24, 2.45) is 0 Å². The molecule has 0 heterocycles. The summed E-state index contributed by atoms with van der Waals surface area (Å²) in [6.07, 6.45) is 4.57. The van der Waals surface area contributed by atoms with Gasteiger partial charge in [0.1, 0.15) is 0 Å². The number of benzene rings is 1. The number of nitrogens with one attached hydrogen (secondary N) is 1. The molecule has 2 rings (SSSR count). The third kappa shape index (κ3) is 3.37. The Hall–Kier alpha value is -1.22. The Morgan fingerprint density at radius 3 is 2.29 bits per heavy atom. The molecule has 1 aliphatic rings. The largest absolute Gasteiger partial charge is 0.399 e. The van der Waals surface area contributed by atoms with Crippen LogP contribution in [0.1, 0.15) is 43.0 Å². The van der Waals surface area contributed by atoms with Crippen molar-refractivity contribution >= 4 is 24.0 Å². The van der Waals surface area contributed by atoms with E-state index < -0.39 is 0 Å². The SMILES string of the molecule is CC1(NC(=O)c2ccc(N)cc2)CCCC1.Cl. The molecule has 0 bridgehead atoms. The maximum atomic E-state index is 12.0. The Bertz CT molecular complexity index is 383. The summed E-state index contributed by atoms with van der Waals surface area (Å²) < 4.78 is 0. The van der Waals surface area contributed by atoms with Crippen LogP contribution < -0.4 is 11.1 Å². The van der Waals surface area contributed by atoms with Gasteiger partial charge in [-0.05, 0) is 44.0 Å². The molecule has 1 fully saturated rings. The van der Waals surface area contributed by atoms with E-state index in [2.05, 4.69) is 12.2 Å². The molecule has 0 saturated heterocycles. The highest BCUT2D eigenvalue weighted by molar-refractivity contribution is 5.95. The van der Waals surface area contributed by atoms with Gasteiger partial charge in [-0.2, -0.15) is 0 Å². The van der Waals surface area contributed by atoms with Crippen LogP contribution in [0.15, 0.2) is 24.3 Å². The lowest BCUT2D eigenvalue weighted by molar-refractivity contribution is 0.0908. The van der Waals surface area contributed by atoms with Crippen molar-refractivity contribution in [1.29, 1.82) is 0 Å². The summed E-state index contributed by atoms with van der Waals surface area (Å²) in [5.74, 6) is 0.00407. The number of carbonyl (C=O) groups excluding carboxylic acids is 1. The summed E-state index contributed by atoms with van der Waals surface area (Å²) in [6.45, 7) is 2.12. The molecule has 4 heteroatoms. The lowest BCUT2D eigenvalue weighted by Gasteiger charge is -2.25. The fourth-order valence-electron chi connectivity index (χ4n) is 2.26. The molecule has 0 radical (unpaired) electrons. The molecular formula is C13H19ClN2O. The molecule has 0 spiro atoms. The van der Waals surface area contributed by atoms with Gasteiger partial charge in [-0.1, -0.05) is 12.8 Å². The van der Waals surface area contributed by atoms with Crippen molar-refractivity contribution in [2.75, 3.05) is 5.73 Å². The molecule has 0 aromatic heterocycles. The van der Waals surface area contributed by atoms with Crippen LogP contribution in [0.25, 0.3) is 0 Å². The molecule has 3 N–H and O–H groups in total. The van der Waals surface area contributed by atoms with Crippen LogP contribution in [0.4, 0.5) is 5.69 Å². The highest BCUT2D eigenvalue weighted by atomic mass is 35.5. The Morgan fingerprint density at radius 2 is 1.76 bits per heavy atom. The van der Waals surface area contributed by atoms with Crippen LogP contribution in [0.2, 0.25) is 0 Å². The maximum Gasteiger partial charge on any atom is 0.251 e. The first kappa shape index (κ1) is 13.8. The second-order valence-electron chi connectivity index (χ2n) is 4.84. The molecule has 0 unspecified atom stereocenters. The van der Waals surface area contributed by atoms with Crippen molar-refractivity contribution in [2.45, 2.75) is 38.1 Å². The topological polar surface area (TPSA) is 55.1 Å². The van der Waals surface area contributed by atoms with E-state index in [4.69, 9.17) is 5.73 Å². The molecule has 17 heavy (non-hydrogen) atoms. The normalized spacial score (nSPS) is 17.2. The Balaban J connectivity index is 0.00000144. The standard InChI is InChI=1S/C13H18N2O.ClH/c1-13(8-2-3-9-13)15-12(16)10-4-6-11(14)7-5-10;/h4-7H,2-3,8-9,14H2,1H3,(H,15,16);1H. The number of nitrogens with two attached hydrogens (primary N) is 1. The maximum absolute atomic E-state index is 12.0. The van der Waals surface area contributed by atoms with Crippen LogP contribution in [-0.4, -0.2) is 11.4 Å². The molecule has 1 saturated carbocycles. The fourth-order valence-corrected chi connectivity index (χ4v) is 2.26. The zero-order valence-corrected chi connectivity index (χ0v) is 10.8. The second kappa shape index (κ2) is 5.41. The summed E-state index contributed by atoms with van der Waals surface area (Å²) in [6, 6.07) is 7.05. The summed E-state index contributed by atoms with van der Waals surface area (Å²) in [5.41, 5.74) is 6.94. The van der Waals surface area contributed by atoms with Crippen molar-refractivity contribution in [3.8, 4) is 0 Å². The minimum Gasteiger partial charge on any atom is -0.399 e. The third-order valence-corrected chi connectivity index (χ3v) is 3.30. The van der Waals surface area contributed by atoms with Crippen molar-refractivity contribution in [1.82, 2.24) is 5.32 Å². The lowest BCUT2D eigenvalue weighted by atomic mass is 10.00. The smallest absolute Gasteiger partial charge is 0.251 e. The summed E-state index contributed by atoms with van der Waals surface area (Å²) in [7, 11) is 0. The molecular weight excluding hydrogens is 236 g/mol. The monoisotopic (exact) mass is 254 g/mol. The zero-order valence-electron chi connectivity index (χ0n) is 10.0. The number of carbonyl (C=O) groups is 1. The highest BCUT2D eigenvalue weighted by Crippen LogP contribution is 2.29. The Morgan fingerprint density at radius 1 is 1.24 bits per heavy atom. The van der Waals surface area contributed by atoms with E-state index in [-0.39, 0.29) is 23.9 Å². The molecule has 3 nitrogen and oxygen atoms in total. The predicted molar refractivity (Wildman–Crippen MR) is 72.4 cm³/mol. The van der Waals surface area contributed by atoms with Crippen LogP contribution in [0, 0.1) is 0 Å². The first-order valence-electron chi connectivity index (χ1n) is 5.77. The van der Waals surface area contributed by atoms with Crippen LogP contribution in [0.3, 0.4) is 0 Å². The average Bonchev–Trinajstić information content (AvgIpc) is 2.65. The van der Waals surface area contributed by atoms with Gasteiger partial charge in [0.25, 0.3) is 5.91 Å². The molecule has 0 atom stereocenters. The number of rotatable bonds is 2. The van der Waals surface area contributed by atoms with Gasteiger partial charge >= 0.3 is 0 Å². The van der Waals surface area contributed by atoms with Gasteiger partial charge in [0.15, 0.2) is 0 Å². The van der Waals surface area contributed by atoms with E-state index in [1.165, 1.54) is 12.8 Å². The summed E-state index contributed by atoms with van der Waals surface area (Å²) in [4.78, 5) is 12.0. The quantitative estimate of drug-likeness (QED) is 0.798. The number of halogens is 1. The van der Waals surface area contributed by atoms with Gasteiger partial charge in [-0.25, -0.2) is 0 Å². The molecule has 1 amide bonds. The van der Waals surface area contributed by atoms with Crippen LogP contribution >= 0.6 is 12.4 Å². The van der Waals surface area contributed by atoms with Gasteiger partial charge in [0.2, 0.25) is 0 Å². The fraction of sp³-hybridized carbons (Fsp3) is 0.462. The number of nitrogen functional groups attached to an aromatic ring is 1. The number of hydrogen-bond acceptors (Lipinski definition) is 2. The summed E-state index contributed by atoms with van der Waals surface area (Å²) >= 11 is 0. The van der Waals surface area contributed by atoms with E-state index in [0.717, 1.165) is 12.8 Å². The van der Waals surface area contributed by atoms with E-state index >= 15 is 0 Å². The zero-order chi connectivity index (χ0) is 11.6. The molecule has 1 aromatic carbocycles. The van der Waals surface area contributed by atoms with Gasteiger partial charge < -0.3 is 11.1 Å². The highest BCUT2D eigenvalue weighted by Gasteiger charge is 2.30. The van der Waals surface area contributed by atoms with E-state index in [9.17, 15) is 4.79 Å². The van der Waals surface area contributed by atoms with E-state index in [1.54, 1.807) is 24.3 Å². The van der Waals surface area contributed by atoms with Gasteiger partial charge in [-0.3, -0.25) is 4.79 Å². The van der Waals surface area contributed by atoms with Crippen LogP contribution in [-0.2, 0) is 0 Å². The first-order valence-corrected chi connectivity index (χ1v) is 5.77. The molecule has 0 aliphatic heterocycles. The number of amides is 1. The molecule has 1 aromatic rings. The number of anilines is 1. The molecule has 1 aliphatic carbocycles. The van der Waals surface area contributed by atoms with Gasteiger partial charge in [0.05, 0.1) is 0 Å². The predicted octanol–water partition coefficient (Wildman–Crippen LogP) is 2.75. The number of hydrogen-bond donors (Lipinski definition) is 2. The summed E-state index contributed by atoms with van der Waals surface area (Å²) in [5, 5.41) is 3.11. The van der Waals surface area contributed by atoms with Gasteiger partial charge in [0, 0.05) is 16.8 Å². The second-order valence-corrected chi connectivity index (χ2v) is 4.84. The lowest BCUT2D eigenvalue weighted by Crippen LogP contribution is -2.43.